The number of nitrogens with one attached hydrogen (secondary N) is 2. The summed E-state index contributed by atoms with van der Waals surface area (Å²) in [7, 11) is 1.69. The van der Waals surface area contributed by atoms with E-state index in [9.17, 15) is 0 Å². The van der Waals surface area contributed by atoms with Gasteiger partial charge in [0.2, 0.25) is 0 Å². The summed E-state index contributed by atoms with van der Waals surface area (Å²) in [5.74, 6) is 1.61. The van der Waals surface area contributed by atoms with E-state index in [1.807, 2.05) is 19.1 Å². The molecule has 0 saturated carbocycles. The number of methoxy groups -OCH3 is 1. The quantitative estimate of drug-likeness (QED) is 0.732. The molecule has 4 heteroatoms. The molecule has 26 heavy (non-hydrogen) atoms. The average Bonchev–Trinajstić information content (AvgIpc) is 3.00. The van der Waals surface area contributed by atoms with E-state index in [0.29, 0.717) is 6.61 Å². The van der Waals surface area contributed by atoms with Crippen LogP contribution in [-0.4, -0.2) is 25.2 Å². The monoisotopic (exact) mass is 350 g/mol. The average molecular weight is 350 g/mol. The van der Waals surface area contributed by atoms with Crippen molar-refractivity contribution >= 4 is 10.9 Å². The standard InChI is InChI=1S/C22H26N2O2/c1-5-26-22-16(7-6-8-18(22)25-4)20-21-15(9-10-23-20)19-14(3)11-13(2)12-17(19)24-21/h6-8,11-12,20,23-24H,5,9-10H2,1-4H3. The Bertz CT molecular complexity index is 958. The summed E-state index contributed by atoms with van der Waals surface area (Å²) in [5.41, 5.74) is 7.64. The summed E-state index contributed by atoms with van der Waals surface area (Å²) < 4.78 is 11.5. The number of H-pyrrole nitrogens is 1. The predicted molar refractivity (Wildman–Crippen MR) is 105 cm³/mol. The van der Waals surface area contributed by atoms with Gasteiger partial charge in [0, 0.05) is 28.7 Å². The number of fused-ring (bicyclic) bond motifs is 3. The summed E-state index contributed by atoms with van der Waals surface area (Å²) in [5, 5.41) is 5.04. The Hall–Kier alpha value is -2.46. The van der Waals surface area contributed by atoms with Crippen LogP contribution in [0.5, 0.6) is 11.5 Å². The van der Waals surface area contributed by atoms with Crippen LogP contribution in [0.25, 0.3) is 10.9 Å². The summed E-state index contributed by atoms with van der Waals surface area (Å²) in [4.78, 5) is 3.69. The number of para-hydroxylation sites is 1. The summed E-state index contributed by atoms with van der Waals surface area (Å²) >= 11 is 0. The number of aromatic amines is 1. The number of aryl methyl sites for hydroxylation is 2. The van der Waals surface area contributed by atoms with Crippen LogP contribution >= 0.6 is 0 Å². The van der Waals surface area contributed by atoms with Gasteiger partial charge < -0.3 is 19.8 Å². The van der Waals surface area contributed by atoms with Crippen molar-refractivity contribution in [2.24, 2.45) is 0 Å². The van der Waals surface area contributed by atoms with Crippen LogP contribution in [0.1, 0.15) is 40.9 Å². The van der Waals surface area contributed by atoms with Crippen molar-refractivity contribution in [2.45, 2.75) is 33.2 Å². The second kappa shape index (κ2) is 6.69. The summed E-state index contributed by atoms with van der Waals surface area (Å²) in [6, 6.07) is 10.7. The van der Waals surface area contributed by atoms with Crippen LogP contribution < -0.4 is 14.8 Å². The molecule has 4 nitrogen and oxygen atoms in total. The molecule has 0 radical (unpaired) electrons. The molecule has 1 unspecified atom stereocenters. The Morgan fingerprint density at radius 3 is 2.81 bits per heavy atom. The normalized spacial score (nSPS) is 16.5. The Balaban J connectivity index is 1.91. The second-order valence-electron chi connectivity index (χ2n) is 6.97. The van der Waals surface area contributed by atoms with Gasteiger partial charge in [-0.2, -0.15) is 0 Å². The largest absolute Gasteiger partial charge is 0.493 e. The lowest BCUT2D eigenvalue weighted by Gasteiger charge is -2.27. The lowest BCUT2D eigenvalue weighted by molar-refractivity contribution is 0.304. The second-order valence-corrected chi connectivity index (χ2v) is 6.97. The molecule has 136 valence electrons. The highest BCUT2D eigenvalue weighted by atomic mass is 16.5. The Kier molecular flexibility index (Phi) is 4.37. The topological polar surface area (TPSA) is 46.3 Å². The smallest absolute Gasteiger partial charge is 0.166 e. The Morgan fingerprint density at radius 1 is 1.19 bits per heavy atom. The van der Waals surface area contributed by atoms with Crippen molar-refractivity contribution in [1.82, 2.24) is 10.3 Å². The molecule has 1 aliphatic rings. The Morgan fingerprint density at radius 2 is 2.04 bits per heavy atom. The van der Waals surface area contributed by atoms with Crippen LogP contribution in [0.4, 0.5) is 0 Å². The van der Waals surface area contributed by atoms with Crippen molar-refractivity contribution < 1.29 is 9.47 Å². The minimum atomic E-state index is 0.0718. The number of ether oxygens (including phenoxy) is 2. The molecule has 3 aromatic rings. The molecular formula is C22H26N2O2. The highest BCUT2D eigenvalue weighted by Gasteiger charge is 2.29. The van der Waals surface area contributed by atoms with E-state index in [4.69, 9.17) is 9.47 Å². The zero-order chi connectivity index (χ0) is 18.3. The van der Waals surface area contributed by atoms with Gasteiger partial charge in [0.05, 0.1) is 19.8 Å². The third kappa shape index (κ3) is 2.65. The first-order chi connectivity index (χ1) is 12.6. The number of hydrogen-bond donors (Lipinski definition) is 2. The van der Waals surface area contributed by atoms with E-state index in [1.54, 1.807) is 7.11 Å². The van der Waals surface area contributed by atoms with Crippen molar-refractivity contribution in [1.29, 1.82) is 0 Å². The molecule has 0 fully saturated rings. The molecule has 0 aliphatic carbocycles. The molecule has 0 bridgehead atoms. The summed E-state index contributed by atoms with van der Waals surface area (Å²) in [6.45, 7) is 7.92. The first kappa shape index (κ1) is 17.0. The molecule has 1 aliphatic heterocycles. The fourth-order valence-electron chi connectivity index (χ4n) is 4.26. The van der Waals surface area contributed by atoms with E-state index < -0.39 is 0 Å². The van der Waals surface area contributed by atoms with E-state index in [2.05, 4.69) is 42.3 Å². The first-order valence-electron chi connectivity index (χ1n) is 9.28. The minimum absolute atomic E-state index is 0.0718. The van der Waals surface area contributed by atoms with E-state index in [0.717, 1.165) is 30.0 Å². The molecule has 0 spiro atoms. The number of hydrogen-bond acceptors (Lipinski definition) is 3. The zero-order valence-electron chi connectivity index (χ0n) is 15.9. The maximum absolute atomic E-state index is 5.97. The molecule has 2 heterocycles. The van der Waals surface area contributed by atoms with Crippen molar-refractivity contribution in [3.05, 3.63) is 58.3 Å². The molecule has 0 saturated heterocycles. The number of rotatable bonds is 4. The lowest BCUT2D eigenvalue weighted by atomic mass is 9.92. The van der Waals surface area contributed by atoms with Gasteiger partial charge in [0.15, 0.2) is 11.5 Å². The molecule has 4 rings (SSSR count). The van der Waals surface area contributed by atoms with E-state index >= 15 is 0 Å². The van der Waals surface area contributed by atoms with Gasteiger partial charge >= 0.3 is 0 Å². The highest BCUT2D eigenvalue weighted by molar-refractivity contribution is 5.89. The van der Waals surface area contributed by atoms with Gasteiger partial charge in [0.25, 0.3) is 0 Å². The van der Waals surface area contributed by atoms with Crippen LogP contribution in [0.2, 0.25) is 0 Å². The summed E-state index contributed by atoms with van der Waals surface area (Å²) in [6.07, 6.45) is 1.03. The van der Waals surface area contributed by atoms with Gasteiger partial charge in [-0.25, -0.2) is 0 Å². The molecule has 0 amide bonds. The van der Waals surface area contributed by atoms with Gasteiger partial charge in [-0.3, -0.25) is 0 Å². The molecule has 2 N–H and O–H groups in total. The fourth-order valence-corrected chi connectivity index (χ4v) is 4.26. The maximum atomic E-state index is 5.97. The third-order valence-electron chi connectivity index (χ3n) is 5.22. The van der Waals surface area contributed by atoms with Gasteiger partial charge in [-0.05, 0) is 56.0 Å². The fraction of sp³-hybridized carbons (Fsp3) is 0.364. The number of benzene rings is 2. The highest BCUT2D eigenvalue weighted by Crippen LogP contribution is 2.41. The van der Waals surface area contributed by atoms with Crippen LogP contribution in [0.15, 0.2) is 30.3 Å². The zero-order valence-corrected chi connectivity index (χ0v) is 15.9. The third-order valence-corrected chi connectivity index (χ3v) is 5.22. The van der Waals surface area contributed by atoms with Crippen molar-refractivity contribution in [2.75, 3.05) is 20.3 Å². The van der Waals surface area contributed by atoms with Gasteiger partial charge in [-0.1, -0.05) is 18.2 Å². The van der Waals surface area contributed by atoms with Crippen LogP contribution in [0.3, 0.4) is 0 Å². The SMILES string of the molecule is CCOc1c(OC)cccc1C1NCCc2c1[nH]c1cc(C)cc(C)c21. The lowest BCUT2D eigenvalue weighted by Crippen LogP contribution is -2.30. The molecule has 1 atom stereocenters. The predicted octanol–water partition coefficient (Wildman–Crippen LogP) is 4.43. The minimum Gasteiger partial charge on any atom is -0.493 e. The van der Waals surface area contributed by atoms with Crippen molar-refractivity contribution in [3.63, 3.8) is 0 Å². The van der Waals surface area contributed by atoms with Crippen LogP contribution in [0, 0.1) is 13.8 Å². The molecular weight excluding hydrogens is 324 g/mol. The van der Waals surface area contributed by atoms with Crippen LogP contribution in [-0.2, 0) is 6.42 Å². The first-order valence-corrected chi connectivity index (χ1v) is 9.28. The molecule has 1 aromatic heterocycles. The van der Waals surface area contributed by atoms with E-state index in [-0.39, 0.29) is 6.04 Å². The van der Waals surface area contributed by atoms with Gasteiger partial charge in [0.1, 0.15) is 0 Å². The number of aromatic nitrogens is 1. The van der Waals surface area contributed by atoms with E-state index in [1.165, 1.54) is 33.3 Å². The van der Waals surface area contributed by atoms with Crippen molar-refractivity contribution in [3.8, 4) is 11.5 Å². The Labute approximate surface area is 154 Å². The molecule has 2 aromatic carbocycles. The maximum Gasteiger partial charge on any atom is 0.166 e. The van der Waals surface area contributed by atoms with Gasteiger partial charge in [-0.15, -0.1) is 0 Å².